The molecule has 1 aromatic rings. The van der Waals surface area contributed by atoms with Gasteiger partial charge in [-0.25, -0.2) is 13.1 Å². The maximum atomic E-state index is 12.1. The second-order valence-corrected chi connectivity index (χ2v) is 6.16. The molecular weight excluding hydrogens is 294 g/mol. The van der Waals surface area contributed by atoms with Gasteiger partial charge in [-0.15, -0.1) is 0 Å². The number of anilines is 1. The molecule has 8 heteroatoms. The highest BCUT2D eigenvalue weighted by atomic mass is 32.2. The summed E-state index contributed by atoms with van der Waals surface area (Å²) in [7, 11) is -3.36. The molecule has 0 aliphatic heterocycles. The Labute approximate surface area is 124 Å². The van der Waals surface area contributed by atoms with Crippen molar-refractivity contribution < 1.29 is 17.9 Å². The van der Waals surface area contributed by atoms with E-state index < -0.39 is 15.9 Å². The third-order valence-corrected chi connectivity index (χ3v) is 4.07. The first-order valence-electron chi connectivity index (χ1n) is 6.68. The minimum atomic E-state index is -3.36. The molecule has 1 rings (SSSR count). The van der Waals surface area contributed by atoms with E-state index in [1.54, 1.807) is 32.0 Å². The van der Waals surface area contributed by atoms with Crippen LogP contribution in [0.2, 0.25) is 0 Å². The van der Waals surface area contributed by atoms with Gasteiger partial charge in [-0.2, -0.15) is 0 Å². The van der Waals surface area contributed by atoms with Crippen molar-refractivity contribution in [3.05, 3.63) is 23.8 Å². The van der Waals surface area contributed by atoms with Crippen molar-refractivity contribution in [2.24, 2.45) is 0 Å². The number of hydrogen-bond donors (Lipinski definition) is 3. The molecule has 21 heavy (non-hydrogen) atoms. The molecule has 0 aromatic heterocycles. The molecule has 0 spiro atoms. The molecule has 0 heterocycles. The Morgan fingerprint density at radius 1 is 1.33 bits per heavy atom. The first-order valence-corrected chi connectivity index (χ1v) is 8.33. The molecule has 0 fully saturated rings. The van der Waals surface area contributed by atoms with E-state index in [4.69, 9.17) is 10.5 Å². The van der Waals surface area contributed by atoms with Gasteiger partial charge in [-0.1, -0.05) is 13.0 Å². The fourth-order valence-electron chi connectivity index (χ4n) is 1.73. The summed E-state index contributed by atoms with van der Waals surface area (Å²) in [6.45, 7) is 4.19. The predicted octanol–water partition coefficient (Wildman–Crippen LogP) is 0.337. The highest BCUT2D eigenvalue weighted by Crippen LogP contribution is 2.26. The SMILES string of the molecule is CCNS(=O)(=O)CCNC(=O)c1cccc(N)c1OCC. The van der Waals surface area contributed by atoms with Crippen molar-refractivity contribution in [2.45, 2.75) is 13.8 Å². The Balaban J connectivity index is 2.71. The molecule has 118 valence electrons. The van der Waals surface area contributed by atoms with Crippen LogP contribution in [0.15, 0.2) is 18.2 Å². The van der Waals surface area contributed by atoms with Crippen LogP contribution >= 0.6 is 0 Å². The number of nitrogens with one attached hydrogen (secondary N) is 2. The predicted molar refractivity (Wildman–Crippen MR) is 81.8 cm³/mol. The lowest BCUT2D eigenvalue weighted by Gasteiger charge is -2.12. The van der Waals surface area contributed by atoms with Crippen LogP contribution in [0.5, 0.6) is 5.75 Å². The third-order valence-electron chi connectivity index (χ3n) is 2.60. The Morgan fingerprint density at radius 2 is 2.05 bits per heavy atom. The second-order valence-electron chi connectivity index (χ2n) is 4.23. The van der Waals surface area contributed by atoms with Gasteiger partial charge in [0.15, 0.2) is 5.75 Å². The van der Waals surface area contributed by atoms with Crippen molar-refractivity contribution in [3.8, 4) is 5.75 Å². The Kier molecular flexibility index (Phi) is 6.44. The summed E-state index contributed by atoms with van der Waals surface area (Å²) in [5.74, 6) is -0.289. The van der Waals surface area contributed by atoms with E-state index in [-0.39, 0.29) is 17.9 Å². The average molecular weight is 315 g/mol. The van der Waals surface area contributed by atoms with Crippen LogP contribution in [0.1, 0.15) is 24.2 Å². The lowest BCUT2D eigenvalue weighted by molar-refractivity contribution is 0.0952. The lowest BCUT2D eigenvalue weighted by atomic mass is 10.1. The fraction of sp³-hybridized carbons (Fsp3) is 0.462. The van der Waals surface area contributed by atoms with E-state index in [1.165, 1.54) is 0 Å². The van der Waals surface area contributed by atoms with Crippen LogP contribution in [0.4, 0.5) is 5.69 Å². The van der Waals surface area contributed by atoms with E-state index in [2.05, 4.69) is 10.0 Å². The number of para-hydroxylation sites is 1. The number of sulfonamides is 1. The molecule has 0 bridgehead atoms. The zero-order valence-electron chi connectivity index (χ0n) is 12.2. The van der Waals surface area contributed by atoms with Crippen molar-refractivity contribution in [1.29, 1.82) is 0 Å². The minimum absolute atomic E-state index is 0.00846. The maximum absolute atomic E-state index is 12.1. The first kappa shape index (κ1) is 17.3. The van der Waals surface area contributed by atoms with Crippen molar-refractivity contribution in [1.82, 2.24) is 10.0 Å². The Bertz CT molecular complexity index is 587. The molecule has 0 aliphatic carbocycles. The highest BCUT2D eigenvalue weighted by molar-refractivity contribution is 7.89. The van der Waals surface area contributed by atoms with E-state index in [9.17, 15) is 13.2 Å². The normalized spacial score (nSPS) is 11.1. The van der Waals surface area contributed by atoms with Crippen LogP contribution in [-0.2, 0) is 10.0 Å². The van der Waals surface area contributed by atoms with Crippen molar-refractivity contribution >= 4 is 21.6 Å². The average Bonchev–Trinajstić information content (AvgIpc) is 2.40. The van der Waals surface area contributed by atoms with Gasteiger partial charge in [-0.3, -0.25) is 4.79 Å². The number of carbonyl (C=O) groups excluding carboxylic acids is 1. The van der Waals surface area contributed by atoms with E-state index in [0.717, 1.165) is 0 Å². The van der Waals surface area contributed by atoms with Gasteiger partial charge in [0.05, 0.1) is 23.6 Å². The molecule has 0 aliphatic rings. The van der Waals surface area contributed by atoms with Gasteiger partial charge in [0.25, 0.3) is 5.91 Å². The number of nitrogen functional groups attached to an aromatic ring is 1. The number of nitrogens with two attached hydrogens (primary N) is 1. The number of carbonyl (C=O) groups is 1. The van der Waals surface area contributed by atoms with Gasteiger partial charge in [-0.05, 0) is 19.1 Å². The molecule has 0 radical (unpaired) electrons. The Hall–Kier alpha value is -1.80. The standard InChI is InChI=1S/C13H21N3O4S/c1-3-16-21(18,19)9-8-15-13(17)10-6-5-7-11(14)12(10)20-4-2/h5-7,16H,3-4,8-9,14H2,1-2H3,(H,15,17). The number of rotatable bonds is 8. The van der Waals surface area contributed by atoms with Crippen LogP contribution in [0, 0.1) is 0 Å². The quantitative estimate of drug-likeness (QED) is 0.599. The molecule has 7 nitrogen and oxygen atoms in total. The lowest BCUT2D eigenvalue weighted by Crippen LogP contribution is -2.34. The summed E-state index contributed by atoms with van der Waals surface area (Å²) in [4.78, 5) is 12.1. The molecule has 0 atom stereocenters. The number of amides is 1. The molecule has 1 amide bonds. The van der Waals surface area contributed by atoms with Crippen LogP contribution < -0.4 is 20.5 Å². The summed E-state index contributed by atoms with van der Waals surface area (Å²) in [5.41, 5.74) is 6.43. The summed E-state index contributed by atoms with van der Waals surface area (Å²) in [5, 5.41) is 2.55. The summed E-state index contributed by atoms with van der Waals surface area (Å²) in [6.07, 6.45) is 0. The van der Waals surface area contributed by atoms with Gasteiger partial charge in [0.2, 0.25) is 10.0 Å². The fourth-order valence-corrected chi connectivity index (χ4v) is 2.68. The van der Waals surface area contributed by atoms with Gasteiger partial charge < -0.3 is 15.8 Å². The van der Waals surface area contributed by atoms with E-state index in [0.29, 0.717) is 24.6 Å². The van der Waals surface area contributed by atoms with Crippen LogP contribution in [0.25, 0.3) is 0 Å². The largest absolute Gasteiger partial charge is 0.491 e. The van der Waals surface area contributed by atoms with Gasteiger partial charge in [0.1, 0.15) is 0 Å². The molecular formula is C13H21N3O4S. The highest BCUT2D eigenvalue weighted by Gasteiger charge is 2.15. The van der Waals surface area contributed by atoms with Gasteiger partial charge in [0, 0.05) is 13.1 Å². The summed E-state index contributed by atoms with van der Waals surface area (Å²) < 4.78 is 30.6. The van der Waals surface area contributed by atoms with Gasteiger partial charge >= 0.3 is 0 Å². The summed E-state index contributed by atoms with van der Waals surface area (Å²) >= 11 is 0. The monoisotopic (exact) mass is 315 g/mol. The number of benzene rings is 1. The van der Waals surface area contributed by atoms with E-state index in [1.807, 2.05) is 0 Å². The molecule has 0 unspecified atom stereocenters. The molecule has 0 saturated carbocycles. The van der Waals surface area contributed by atoms with Crippen LogP contribution in [0.3, 0.4) is 0 Å². The molecule has 4 N–H and O–H groups in total. The zero-order valence-corrected chi connectivity index (χ0v) is 13.0. The maximum Gasteiger partial charge on any atom is 0.255 e. The topological polar surface area (TPSA) is 111 Å². The first-order chi connectivity index (χ1) is 9.91. The molecule has 0 saturated heterocycles. The molecule has 1 aromatic carbocycles. The van der Waals surface area contributed by atoms with Crippen molar-refractivity contribution in [2.75, 3.05) is 31.2 Å². The smallest absolute Gasteiger partial charge is 0.255 e. The van der Waals surface area contributed by atoms with Crippen molar-refractivity contribution in [3.63, 3.8) is 0 Å². The third kappa shape index (κ3) is 5.24. The second kappa shape index (κ2) is 7.84. The Morgan fingerprint density at radius 3 is 2.67 bits per heavy atom. The summed E-state index contributed by atoms with van der Waals surface area (Å²) in [6, 6.07) is 4.86. The van der Waals surface area contributed by atoms with Crippen LogP contribution in [-0.4, -0.2) is 39.8 Å². The zero-order chi connectivity index (χ0) is 15.9. The number of ether oxygens (including phenoxy) is 1. The number of hydrogen-bond acceptors (Lipinski definition) is 5. The minimum Gasteiger partial charge on any atom is -0.491 e. The van der Waals surface area contributed by atoms with E-state index >= 15 is 0 Å².